The number of hydrogen-bond acceptors (Lipinski definition) is 2. The molecule has 16 heavy (non-hydrogen) atoms. The summed E-state index contributed by atoms with van der Waals surface area (Å²) in [5, 5.41) is 0. The zero-order valence-corrected chi connectivity index (χ0v) is 8.34. The van der Waals surface area contributed by atoms with Crippen LogP contribution in [-0.4, -0.2) is 13.2 Å². The molecular formula is C11H10F3NO. The summed E-state index contributed by atoms with van der Waals surface area (Å²) in [4.78, 5) is 0. The van der Waals surface area contributed by atoms with Gasteiger partial charge in [-0.25, -0.2) is 0 Å². The van der Waals surface area contributed by atoms with Crippen molar-refractivity contribution in [2.75, 3.05) is 13.2 Å². The summed E-state index contributed by atoms with van der Waals surface area (Å²) in [5.74, 6) is -0.104. The summed E-state index contributed by atoms with van der Waals surface area (Å²) in [6.45, 7) is 0.409. The highest BCUT2D eigenvalue weighted by atomic mass is 19.4. The largest absolute Gasteiger partial charge is 0.488 e. The predicted octanol–water partition coefficient (Wildman–Crippen LogP) is 2.44. The molecule has 0 aromatic heterocycles. The second-order valence-corrected chi connectivity index (χ2v) is 3.52. The van der Waals surface area contributed by atoms with Crippen molar-refractivity contribution in [3.05, 3.63) is 34.9 Å². The van der Waals surface area contributed by atoms with E-state index < -0.39 is 11.7 Å². The number of alkyl halides is 3. The summed E-state index contributed by atoms with van der Waals surface area (Å²) in [7, 11) is 0. The van der Waals surface area contributed by atoms with Crippen molar-refractivity contribution in [2.45, 2.75) is 6.18 Å². The van der Waals surface area contributed by atoms with E-state index in [9.17, 15) is 13.2 Å². The Bertz CT molecular complexity index is 437. The third-order valence-corrected chi connectivity index (χ3v) is 2.37. The van der Waals surface area contributed by atoms with Gasteiger partial charge in [0.05, 0.1) is 5.56 Å². The average Bonchev–Trinajstić information content (AvgIpc) is 2.26. The molecule has 0 spiro atoms. The minimum atomic E-state index is -4.39. The van der Waals surface area contributed by atoms with Crippen LogP contribution in [0.2, 0.25) is 0 Å². The molecule has 2 rings (SSSR count). The number of rotatable bonds is 1. The SMILES string of the molecule is NCC1=Cc2cccc(C(F)(F)F)c2OC1. The number of hydrogen-bond donors (Lipinski definition) is 1. The van der Waals surface area contributed by atoms with Crippen LogP contribution in [0.1, 0.15) is 11.1 Å². The molecule has 0 amide bonds. The van der Waals surface area contributed by atoms with E-state index in [1.54, 1.807) is 12.1 Å². The van der Waals surface area contributed by atoms with E-state index in [1.165, 1.54) is 6.07 Å². The lowest BCUT2D eigenvalue weighted by atomic mass is 10.0. The Morgan fingerprint density at radius 3 is 2.69 bits per heavy atom. The first-order valence-corrected chi connectivity index (χ1v) is 4.75. The normalized spacial score (nSPS) is 15.1. The van der Waals surface area contributed by atoms with Crippen molar-refractivity contribution < 1.29 is 17.9 Å². The molecule has 0 radical (unpaired) electrons. The molecule has 2 nitrogen and oxygen atoms in total. The molecule has 86 valence electrons. The van der Waals surface area contributed by atoms with Crippen LogP contribution in [0.3, 0.4) is 0 Å². The van der Waals surface area contributed by atoms with Gasteiger partial charge in [-0.05, 0) is 17.7 Å². The third-order valence-electron chi connectivity index (χ3n) is 2.37. The Morgan fingerprint density at radius 1 is 1.31 bits per heavy atom. The van der Waals surface area contributed by atoms with Gasteiger partial charge < -0.3 is 10.5 Å². The third kappa shape index (κ3) is 1.90. The van der Waals surface area contributed by atoms with Gasteiger partial charge in [0.15, 0.2) is 0 Å². The Kier molecular flexibility index (Phi) is 2.63. The maximum atomic E-state index is 12.6. The predicted molar refractivity (Wildman–Crippen MR) is 54.0 cm³/mol. The van der Waals surface area contributed by atoms with E-state index in [1.807, 2.05) is 0 Å². The quantitative estimate of drug-likeness (QED) is 0.802. The molecule has 5 heteroatoms. The van der Waals surface area contributed by atoms with Gasteiger partial charge in [0.25, 0.3) is 0 Å². The molecule has 0 aliphatic carbocycles. The minimum absolute atomic E-state index is 0.104. The van der Waals surface area contributed by atoms with Gasteiger partial charge in [-0.1, -0.05) is 12.1 Å². The molecule has 1 aromatic rings. The first-order valence-electron chi connectivity index (χ1n) is 4.75. The van der Waals surface area contributed by atoms with Crippen molar-refractivity contribution in [3.8, 4) is 5.75 Å². The molecule has 2 N–H and O–H groups in total. The van der Waals surface area contributed by atoms with Crippen LogP contribution in [0.5, 0.6) is 5.75 Å². The highest BCUT2D eigenvalue weighted by molar-refractivity contribution is 5.65. The summed E-state index contributed by atoms with van der Waals surface area (Å²) >= 11 is 0. The van der Waals surface area contributed by atoms with Crippen LogP contribution in [-0.2, 0) is 6.18 Å². The van der Waals surface area contributed by atoms with Gasteiger partial charge in [-0.2, -0.15) is 13.2 Å². The molecule has 0 saturated carbocycles. The Hall–Kier alpha value is -1.49. The molecule has 0 atom stereocenters. The van der Waals surface area contributed by atoms with Crippen molar-refractivity contribution in [1.82, 2.24) is 0 Å². The van der Waals surface area contributed by atoms with Crippen LogP contribution < -0.4 is 10.5 Å². The summed E-state index contributed by atoms with van der Waals surface area (Å²) in [6, 6.07) is 3.96. The standard InChI is InChI=1S/C11H10F3NO/c12-11(13,14)9-3-1-2-8-4-7(5-15)6-16-10(8)9/h1-4H,5-6,15H2. The van der Waals surface area contributed by atoms with Crippen LogP contribution >= 0.6 is 0 Å². The van der Waals surface area contributed by atoms with Crippen LogP contribution in [0, 0.1) is 0 Å². The van der Waals surface area contributed by atoms with Crippen LogP contribution in [0.4, 0.5) is 13.2 Å². The van der Waals surface area contributed by atoms with E-state index in [2.05, 4.69) is 0 Å². The fraction of sp³-hybridized carbons (Fsp3) is 0.273. The van der Waals surface area contributed by atoms with Crippen molar-refractivity contribution >= 4 is 6.08 Å². The Balaban J connectivity index is 2.51. The first kappa shape index (κ1) is 11.0. The second-order valence-electron chi connectivity index (χ2n) is 3.52. The van der Waals surface area contributed by atoms with Crippen LogP contribution in [0.25, 0.3) is 6.08 Å². The van der Waals surface area contributed by atoms with E-state index >= 15 is 0 Å². The maximum absolute atomic E-state index is 12.6. The van der Waals surface area contributed by atoms with Gasteiger partial charge in [0.2, 0.25) is 0 Å². The molecule has 1 heterocycles. The number of para-hydroxylation sites is 1. The number of ether oxygens (including phenoxy) is 1. The topological polar surface area (TPSA) is 35.2 Å². The second kappa shape index (κ2) is 3.83. The average molecular weight is 229 g/mol. The first-order chi connectivity index (χ1) is 7.52. The van der Waals surface area contributed by atoms with E-state index in [0.29, 0.717) is 5.56 Å². The Labute approximate surface area is 90.5 Å². The number of fused-ring (bicyclic) bond motifs is 1. The number of nitrogens with two attached hydrogens (primary N) is 1. The lowest BCUT2D eigenvalue weighted by molar-refractivity contribution is -0.138. The molecular weight excluding hydrogens is 219 g/mol. The lowest BCUT2D eigenvalue weighted by Crippen LogP contribution is -2.17. The summed E-state index contributed by atoms with van der Waals surface area (Å²) in [5.41, 5.74) is 5.89. The van der Waals surface area contributed by atoms with Gasteiger partial charge >= 0.3 is 6.18 Å². The highest BCUT2D eigenvalue weighted by Gasteiger charge is 2.35. The molecule has 0 unspecified atom stereocenters. The number of halogens is 3. The van der Waals surface area contributed by atoms with Gasteiger partial charge in [-0.15, -0.1) is 0 Å². The van der Waals surface area contributed by atoms with Gasteiger partial charge in [0, 0.05) is 12.1 Å². The lowest BCUT2D eigenvalue weighted by Gasteiger charge is -2.21. The van der Waals surface area contributed by atoms with Gasteiger partial charge in [-0.3, -0.25) is 0 Å². The van der Waals surface area contributed by atoms with Crippen molar-refractivity contribution in [1.29, 1.82) is 0 Å². The minimum Gasteiger partial charge on any atom is -0.488 e. The Morgan fingerprint density at radius 2 is 2.06 bits per heavy atom. The highest BCUT2D eigenvalue weighted by Crippen LogP contribution is 2.40. The number of benzene rings is 1. The van der Waals surface area contributed by atoms with Crippen molar-refractivity contribution in [2.24, 2.45) is 5.73 Å². The molecule has 0 saturated heterocycles. The van der Waals surface area contributed by atoms with Crippen LogP contribution in [0.15, 0.2) is 23.8 Å². The maximum Gasteiger partial charge on any atom is 0.419 e. The molecule has 1 aromatic carbocycles. The zero-order valence-electron chi connectivity index (χ0n) is 8.34. The fourth-order valence-corrected chi connectivity index (χ4v) is 1.60. The fourth-order valence-electron chi connectivity index (χ4n) is 1.60. The monoisotopic (exact) mass is 229 g/mol. The zero-order chi connectivity index (χ0) is 11.8. The smallest absolute Gasteiger partial charge is 0.419 e. The van der Waals surface area contributed by atoms with Gasteiger partial charge in [0.1, 0.15) is 12.4 Å². The van der Waals surface area contributed by atoms with E-state index in [-0.39, 0.29) is 18.9 Å². The summed E-state index contributed by atoms with van der Waals surface area (Å²) in [6.07, 6.45) is -2.74. The summed E-state index contributed by atoms with van der Waals surface area (Å²) < 4.78 is 43.0. The molecule has 1 aliphatic heterocycles. The van der Waals surface area contributed by atoms with E-state index in [0.717, 1.165) is 11.6 Å². The van der Waals surface area contributed by atoms with Crippen molar-refractivity contribution in [3.63, 3.8) is 0 Å². The molecule has 0 fully saturated rings. The van der Waals surface area contributed by atoms with E-state index in [4.69, 9.17) is 10.5 Å². The molecule has 1 aliphatic rings. The molecule has 0 bridgehead atoms.